The fraction of sp³-hybridized carbons (Fsp3) is 0.154. The molecule has 0 saturated heterocycles. The summed E-state index contributed by atoms with van der Waals surface area (Å²) in [6, 6.07) is 16.6. The summed E-state index contributed by atoms with van der Waals surface area (Å²) >= 11 is 12.5. The Bertz CT molecular complexity index is 1320. The van der Waals surface area contributed by atoms with E-state index in [-0.39, 0.29) is 6.61 Å². The molecule has 2 aromatic carbocycles. The standard InChI is InChI=1S/C26H19Cl2NO3/c27-21-10-4-11-22(28)20(21)15-32-26(30)24-18-8-1-2-12-23(18)29-25-16(6-3-9-19(24)25)14-17-7-5-13-31-17/h1-2,4-5,7-8,10-14H,3,6,9,15H2. The Hall–Kier alpha value is -3.08. The van der Waals surface area contributed by atoms with Gasteiger partial charge in [0, 0.05) is 21.0 Å². The number of pyridine rings is 1. The Balaban J connectivity index is 1.59. The van der Waals surface area contributed by atoms with Gasteiger partial charge in [0.15, 0.2) is 0 Å². The number of nitrogens with zero attached hydrogens (tertiary/aromatic N) is 1. The predicted molar refractivity (Wildman–Crippen MR) is 127 cm³/mol. The van der Waals surface area contributed by atoms with Crippen molar-refractivity contribution in [1.29, 1.82) is 0 Å². The van der Waals surface area contributed by atoms with Crippen molar-refractivity contribution < 1.29 is 13.9 Å². The summed E-state index contributed by atoms with van der Waals surface area (Å²) in [6.45, 7) is -0.00213. The molecule has 0 saturated carbocycles. The number of halogens is 2. The van der Waals surface area contributed by atoms with E-state index in [1.165, 1.54) is 0 Å². The summed E-state index contributed by atoms with van der Waals surface area (Å²) in [7, 11) is 0. The van der Waals surface area contributed by atoms with Gasteiger partial charge in [-0.2, -0.15) is 0 Å². The second-order valence-electron chi connectivity index (χ2n) is 7.65. The van der Waals surface area contributed by atoms with Crippen LogP contribution in [-0.2, 0) is 17.8 Å². The lowest BCUT2D eigenvalue weighted by Gasteiger charge is -2.22. The zero-order chi connectivity index (χ0) is 22.1. The van der Waals surface area contributed by atoms with Gasteiger partial charge in [-0.25, -0.2) is 9.78 Å². The van der Waals surface area contributed by atoms with Crippen molar-refractivity contribution in [3.63, 3.8) is 0 Å². The number of carbonyl (C=O) groups excluding carboxylic acids is 1. The molecule has 32 heavy (non-hydrogen) atoms. The molecule has 0 bridgehead atoms. The molecule has 0 aliphatic heterocycles. The van der Waals surface area contributed by atoms with Crippen LogP contribution in [0.1, 0.15) is 45.8 Å². The second kappa shape index (κ2) is 8.81. The van der Waals surface area contributed by atoms with Crippen LogP contribution in [0.5, 0.6) is 0 Å². The van der Waals surface area contributed by atoms with E-state index in [1.54, 1.807) is 24.5 Å². The van der Waals surface area contributed by atoms with Crippen LogP contribution in [0.3, 0.4) is 0 Å². The highest BCUT2D eigenvalue weighted by molar-refractivity contribution is 6.36. The monoisotopic (exact) mass is 463 g/mol. The predicted octanol–water partition coefficient (Wildman–Crippen LogP) is 7.37. The van der Waals surface area contributed by atoms with Crippen LogP contribution in [0.2, 0.25) is 10.0 Å². The van der Waals surface area contributed by atoms with Crippen molar-refractivity contribution in [2.75, 3.05) is 0 Å². The number of benzene rings is 2. The molecule has 0 spiro atoms. The van der Waals surface area contributed by atoms with Crippen LogP contribution < -0.4 is 0 Å². The molecule has 1 aliphatic rings. The van der Waals surface area contributed by atoms with Crippen LogP contribution in [0.15, 0.2) is 65.3 Å². The minimum atomic E-state index is -0.407. The third kappa shape index (κ3) is 3.92. The van der Waals surface area contributed by atoms with Crippen molar-refractivity contribution >= 4 is 51.7 Å². The summed E-state index contributed by atoms with van der Waals surface area (Å²) in [4.78, 5) is 18.3. The molecule has 0 N–H and O–H groups in total. The fourth-order valence-corrected chi connectivity index (χ4v) is 4.64. The molecule has 1 aliphatic carbocycles. The maximum absolute atomic E-state index is 13.4. The quantitative estimate of drug-likeness (QED) is 0.296. The number of rotatable bonds is 4. The summed E-state index contributed by atoms with van der Waals surface area (Å²) in [5.41, 5.74) is 4.68. The number of fused-ring (bicyclic) bond motifs is 2. The number of ether oxygens (including phenoxy) is 1. The van der Waals surface area contributed by atoms with Crippen LogP contribution in [0.4, 0.5) is 0 Å². The van der Waals surface area contributed by atoms with Crippen LogP contribution in [0.25, 0.3) is 22.6 Å². The van der Waals surface area contributed by atoms with Crippen molar-refractivity contribution in [1.82, 2.24) is 4.98 Å². The van der Waals surface area contributed by atoms with E-state index in [0.29, 0.717) is 21.2 Å². The fourth-order valence-electron chi connectivity index (χ4n) is 4.13. The van der Waals surface area contributed by atoms with E-state index in [4.69, 9.17) is 37.3 Å². The van der Waals surface area contributed by atoms with Crippen molar-refractivity contribution in [3.8, 4) is 0 Å². The Morgan fingerprint density at radius 3 is 2.62 bits per heavy atom. The van der Waals surface area contributed by atoms with Crippen LogP contribution in [0, 0.1) is 0 Å². The maximum Gasteiger partial charge on any atom is 0.339 e. The van der Waals surface area contributed by atoms with Crippen molar-refractivity contribution in [3.05, 3.63) is 99.1 Å². The number of allylic oxidation sites excluding steroid dienone is 1. The minimum absolute atomic E-state index is 0.00213. The molecule has 4 nitrogen and oxygen atoms in total. The smallest absolute Gasteiger partial charge is 0.339 e. The lowest BCUT2D eigenvalue weighted by molar-refractivity contribution is 0.0474. The molecule has 0 radical (unpaired) electrons. The number of hydrogen-bond acceptors (Lipinski definition) is 4. The molecule has 0 amide bonds. The van der Waals surface area contributed by atoms with Gasteiger partial charge >= 0.3 is 5.97 Å². The normalized spacial score (nSPS) is 14.5. The van der Waals surface area contributed by atoms with Gasteiger partial charge in [0.05, 0.1) is 23.0 Å². The summed E-state index contributed by atoms with van der Waals surface area (Å²) in [5, 5.41) is 1.71. The van der Waals surface area contributed by atoms with E-state index < -0.39 is 5.97 Å². The number of furan rings is 1. The average Bonchev–Trinajstić information content (AvgIpc) is 3.30. The average molecular weight is 464 g/mol. The third-order valence-electron chi connectivity index (χ3n) is 5.64. The number of esters is 1. The summed E-state index contributed by atoms with van der Waals surface area (Å²) < 4.78 is 11.2. The minimum Gasteiger partial charge on any atom is -0.465 e. The maximum atomic E-state index is 13.4. The molecule has 160 valence electrons. The molecule has 5 rings (SSSR count). The van der Waals surface area contributed by atoms with Crippen LogP contribution >= 0.6 is 23.2 Å². The lowest BCUT2D eigenvalue weighted by atomic mass is 9.86. The zero-order valence-corrected chi connectivity index (χ0v) is 18.6. The Kier molecular flexibility index (Phi) is 5.73. The zero-order valence-electron chi connectivity index (χ0n) is 17.1. The number of para-hydroxylation sites is 1. The van der Waals surface area contributed by atoms with E-state index in [0.717, 1.165) is 52.8 Å². The molecule has 2 aromatic heterocycles. The summed E-state index contributed by atoms with van der Waals surface area (Å²) in [6.07, 6.45) is 6.17. The first kappa shape index (κ1) is 20.8. The Labute approximate surface area is 195 Å². The second-order valence-corrected chi connectivity index (χ2v) is 8.46. The van der Waals surface area contributed by atoms with Crippen molar-refractivity contribution in [2.45, 2.75) is 25.9 Å². The van der Waals surface area contributed by atoms with Gasteiger partial charge in [0.1, 0.15) is 12.4 Å². The molecule has 0 fully saturated rings. The van der Waals surface area contributed by atoms with Crippen molar-refractivity contribution in [2.24, 2.45) is 0 Å². The SMILES string of the molecule is O=C(OCc1c(Cl)cccc1Cl)c1c2c(nc3ccccc13)C(=Cc1ccco1)CCC2. The number of carbonyl (C=O) groups is 1. The van der Waals surface area contributed by atoms with E-state index >= 15 is 0 Å². The van der Waals surface area contributed by atoms with Gasteiger partial charge in [-0.1, -0.05) is 47.5 Å². The van der Waals surface area contributed by atoms with Gasteiger partial charge in [0.2, 0.25) is 0 Å². The number of hydrogen-bond donors (Lipinski definition) is 0. The lowest BCUT2D eigenvalue weighted by Crippen LogP contribution is -2.15. The first-order valence-electron chi connectivity index (χ1n) is 10.4. The molecule has 0 atom stereocenters. The summed E-state index contributed by atoms with van der Waals surface area (Å²) in [5.74, 6) is 0.357. The highest BCUT2D eigenvalue weighted by atomic mass is 35.5. The topological polar surface area (TPSA) is 52.3 Å². The van der Waals surface area contributed by atoms with E-state index in [9.17, 15) is 4.79 Å². The van der Waals surface area contributed by atoms with Gasteiger partial charge in [-0.05, 0) is 66.8 Å². The first-order valence-corrected chi connectivity index (χ1v) is 11.1. The van der Waals surface area contributed by atoms with Gasteiger partial charge < -0.3 is 9.15 Å². The Morgan fingerprint density at radius 2 is 1.84 bits per heavy atom. The van der Waals surface area contributed by atoms with Gasteiger partial charge in [0.25, 0.3) is 0 Å². The van der Waals surface area contributed by atoms with E-state index in [2.05, 4.69) is 0 Å². The molecule has 2 heterocycles. The molecular weight excluding hydrogens is 445 g/mol. The molecule has 6 heteroatoms. The number of aromatic nitrogens is 1. The molecule has 0 unspecified atom stereocenters. The molecular formula is C26H19Cl2NO3. The molecule has 4 aromatic rings. The van der Waals surface area contributed by atoms with Gasteiger partial charge in [-0.15, -0.1) is 0 Å². The highest BCUT2D eigenvalue weighted by Gasteiger charge is 2.26. The third-order valence-corrected chi connectivity index (χ3v) is 6.35. The van der Waals surface area contributed by atoms with E-state index in [1.807, 2.05) is 42.5 Å². The Morgan fingerprint density at radius 1 is 1.03 bits per heavy atom. The highest BCUT2D eigenvalue weighted by Crippen LogP contribution is 2.37. The van der Waals surface area contributed by atoms with Gasteiger partial charge in [-0.3, -0.25) is 0 Å². The largest absolute Gasteiger partial charge is 0.465 e. The first-order chi connectivity index (χ1) is 15.6. The van der Waals surface area contributed by atoms with Crippen LogP contribution in [-0.4, -0.2) is 11.0 Å².